The van der Waals surface area contributed by atoms with E-state index in [4.69, 9.17) is 4.42 Å². The molecule has 1 heterocycles. The number of benzene rings is 7. The summed E-state index contributed by atoms with van der Waals surface area (Å²) >= 11 is 0. The second-order valence-corrected chi connectivity index (χ2v) is 18.4. The van der Waals surface area contributed by atoms with Crippen molar-refractivity contribution in [1.29, 1.82) is 0 Å². The first-order valence-electron chi connectivity index (χ1n) is 16.2. The lowest BCUT2D eigenvalue weighted by molar-refractivity contribution is 0.620. The van der Waals surface area contributed by atoms with Crippen LogP contribution in [0.2, 0.25) is 19.6 Å². The lowest BCUT2D eigenvalue weighted by atomic mass is 9.96. The second kappa shape index (κ2) is 11.7. The molecule has 0 aliphatic carbocycles. The lowest BCUT2D eigenvalue weighted by Crippen LogP contribution is -2.37. The Bertz CT molecular complexity index is 2310. The predicted molar refractivity (Wildman–Crippen MR) is 202 cm³/mol. The monoisotopic (exact) mass is 621 g/mol. The molecule has 1 aromatic heterocycles. The summed E-state index contributed by atoms with van der Waals surface area (Å²) in [5.74, 6) is 0.647. The van der Waals surface area contributed by atoms with Gasteiger partial charge in [-0.05, 0) is 91.7 Å². The third kappa shape index (κ3) is 5.82. The van der Waals surface area contributed by atoms with Crippen LogP contribution < -0.4 is 5.19 Å². The Morgan fingerprint density at radius 1 is 0.404 bits per heavy atom. The van der Waals surface area contributed by atoms with E-state index in [1.165, 1.54) is 60.5 Å². The molecule has 0 fully saturated rings. The molecule has 0 aliphatic rings. The van der Waals surface area contributed by atoms with Crippen molar-refractivity contribution in [2.75, 3.05) is 0 Å². The van der Waals surface area contributed by atoms with Crippen molar-refractivity contribution in [1.82, 2.24) is 4.98 Å². The molecule has 0 unspecified atom stereocenters. The summed E-state index contributed by atoms with van der Waals surface area (Å²) in [7, 11) is -1.29. The molecule has 0 aliphatic heterocycles. The van der Waals surface area contributed by atoms with E-state index >= 15 is 0 Å². The molecule has 8 rings (SSSR count). The third-order valence-electron chi connectivity index (χ3n) is 9.12. The summed E-state index contributed by atoms with van der Waals surface area (Å²) < 4.78 is 5.95. The molecule has 7 aromatic carbocycles. The lowest BCUT2D eigenvalue weighted by Gasteiger charge is -2.16. The zero-order valence-corrected chi connectivity index (χ0v) is 27.9. The average Bonchev–Trinajstić information content (AvgIpc) is 3.56. The Kier molecular flexibility index (Phi) is 7.19. The van der Waals surface area contributed by atoms with Crippen molar-refractivity contribution in [3.05, 3.63) is 158 Å². The molecule has 8 aromatic rings. The molecular weight excluding hydrogens is 587 g/mol. The summed E-state index contributed by atoms with van der Waals surface area (Å²) in [6, 6.07) is 56.7. The van der Waals surface area contributed by atoms with E-state index in [1.54, 1.807) is 0 Å². The number of aromatic nitrogens is 1. The second-order valence-electron chi connectivity index (χ2n) is 13.3. The fraction of sp³-hybridized carbons (Fsp3) is 0.0682. The molecule has 0 saturated heterocycles. The number of oxazole rings is 1. The third-order valence-corrected chi connectivity index (χ3v) is 11.2. The highest BCUT2D eigenvalue weighted by Gasteiger charge is 2.16. The number of fused-ring (bicyclic) bond motifs is 2. The maximum Gasteiger partial charge on any atom is 0.227 e. The Morgan fingerprint density at radius 2 is 0.787 bits per heavy atom. The summed E-state index contributed by atoms with van der Waals surface area (Å²) in [5.41, 5.74) is 12.4. The van der Waals surface area contributed by atoms with Gasteiger partial charge in [-0.2, -0.15) is 0 Å². The first kappa shape index (κ1) is 28.9. The largest absolute Gasteiger partial charge is 0.436 e. The molecule has 0 N–H and O–H groups in total. The number of nitrogens with zero attached hydrogens (tertiary/aromatic N) is 1. The van der Waals surface area contributed by atoms with Crippen LogP contribution >= 0.6 is 0 Å². The Morgan fingerprint density at radius 3 is 1.23 bits per heavy atom. The van der Waals surface area contributed by atoms with Gasteiger partial charge in [0.15, 0.2) is 5.58 Å². The minimum Gasteiger partial charge on any atom is -0.436 e. The molecule has 0 bridgehead atoms. The summed E-state index contributed by atoms with van der Waals surface area (Å²) in [6.45, 7) is 7.17. The number of para-hydroxylation sites is 2. The zero-order valence-electron chi connectivity index (χ0n) is 26.9. The Balaban J connectivity index is 0.979. The van der Waals surface area contributed by atoms with Crippen molar-refractivity contribution in [2.24, 2.45) is 0 Å². The highest BCUT2D eigenvalue weighted by Crippen LogP contribution is 2.32. The van der Waals surface area contributed by atoms with Gasteiger partial charge in [-0.25, -0.2) is 4.98 Å². The van der Waals surface area contributed by atoms with E-state index < -0.39 is 8.07 Å². The van der Waals surface area contributed by atoms with Crippen LogP contribution in [0.3, 0.4) is 0 Å². The molecule has 0 spiro atoms. The van der Waals surface area contributed by atoms with Gasteiger partial charge in [0.05, 0.1) is 8.07 Å². The van der Waals surface area contributed by atoms with Crippen LogP contribution in [0, 0.1) is 0 Å². The number of hydrogen-bond donors (Lipinski definition) is 0. The van der Waals surface area contributed by atoms with Gasteiger partial charge in [0.25, 0.3) is 0 Å². The van der Waals surface area contributed by atoms with Crippen LogP contribution in [-0.4, -0.2) is 13.1 Å². The minimum absolute atomic E-state index is 0.647. The normalized spacial score (nSPS) is 11.7. The van der Waals surface area contributed by atoms with E-state index in [-0.39, 0.29) is 0 Å². The van der Waals surface area contributed by atoms with Gasteiger partial charge >= 0.3 is 0 Å². The summed E-state index contributed by atoms with van der Waals surface area (Å²) in [6.07, 6.45) is 0. The van der Waals surface area contributed by atoms with E-state index in [0.29, 0.717) is 5.89 Å². The molecule has 226 valence electrons. The number of rotatable bonds is 6. The molecule has 0 saturated carbocycles. The number of hydrogen-bond acceptors (Lipinski definition) is 2. The highest BCUT2D eigenvalue weighted by atomic mass is 28.3. The molecule has 0 amide bonds. The predicted octanol–water partition coefficient (Wildman–Crippen LogP) is 11.9. The standard InChI is InChI=1S/C44H35NOSi/c1-47(2,3)41-26-24-33(25-27-41)32-10-8-30(9-11-32)31-12-14-34(15-13-31)37-20-22-40-29-38(21-23-39(40)28-37)35-16-18-36(19-17-35)44-45-42-6-4-5-7-43(42)46-44/h4-29H,1-3H3. The minimum atomic E-state index is -1.29. The Hall–Kier alpha value is -5.51. The van der Waals surface area contributed by atoms with E-state index in [1.807, 2.05) is 24.3 Å². The van der Waals surface area contributed by atoms with Crippen molar-refractivity contribution in [2.45, 2.75) is 19.6 Å². The fourth-order valence-corrected chi connectivity index (χ4v) is 7.45. The van der Waals surface area contributed by atoms with Crippen LogP contribution in [-0.2, 0) is 0 Å². The Labute approximate surface area is 277 Å². The van der Waals surface area contributed by atoms with Gasteiger partial charge < -0.3 is 4.42 Å². The van der Waals surface area contributed by atoms with Gasteiger partial charge in [0, 0.05) is 5.56 Å². The van der Waals surface area contributed by atoms with Crippen LogP contribution in [0.4, 0.5) is 0 Å². The molecular formula is C44H35NOSi. The molecule has 0 radical (unpaired) electrons. The van der Waals surface area contributed by atoms with Crippen molar-refractivity contribution < 1.29 is 4.42 Å². The van der Waals surface area contributed by atoms with Gasteiger partial charge in [-0.1, -0.05) is 146 Å². The molecule has 2 nitrogen and oxygen atoms in total. The maximum absolute atomic E-state index is 5.95. The SMILES string of the molecule is C[Si](C)(C)c1ccc(-c2ccc(-c3ccc(-c4ccc5cc(-c6ccc(-c7nc8ccccc8o7)cc6)ccc5c4)cc3)cc2)cc1. The van der Waals surface area contributed by atoms with E-state index in [0.717, 1.165) is 16.7 Å². The van der Waals surface area contributed by atoms with Gasteiger partial charge in [-0.15, -0.1) is 0 Å². The summed E-state index contributed by atoms with van der Waals surface area (Å²) in [4.78, 5) is 4.64. The molecule has 3 heteroatoms. The van der Waals surface area contributed by atoms with Crippen molar-refractivity contribution in [3.63, 3.8) is 0 Å². The first-order valence-corrected chi connectivity index (χ1v) is 19.7. The van der Waals surface area contributed by atoms with Crippen molar-refractivity contribution >= 4 is 35.1 Å². The molecule has 0 atom stereocenters. The van der Waals surface area contributed by atoms with Crippen LogP contribution in [0.15, 0.2) is 162 Å². The van der Waals surface area contributed by atoms with Crippen LogP contribution in [0.1, 0.15) is 0 Å². The van der Waals surface area contributed by atoms with Gasteiger partial charge in [-0.3, -0.25) is 0 Å². The quantitative estimate of drug-likeness (QED) is 0.173. The van der Waals surface area contributed by atoms with E-state index in [2.05, 4.69) is 158 Å². The topological polar surface area (TPSA) is 26.0 Å². The van der Waals surface area contributed by atoms with Crippen LogP contribution in [0.5, 0.6) is 0 Å². The van der Waals surface area contributed by atoms with Gasteiger partial charge in [0.1, 0.15) is 5.52 Å². The van der Waals surface area contributed by atoms with Gasteiger partial charge in [0.2, 0.25) is 5.89 Å². The smallest absolute Gasteiger partial charge is 0.227 e. The summed E-state index contributed by atoms with van der Waals surface area (Å²) in [5, 5.41) is 3.95. The first-order chi connectivity index (χ1) is 22.9. The molecule has 47 heavy (non-hydrogen) atoms. The highest BCUT2D eigenvalue weighted by molar-refractivity contribution is 6.88. The van der Waals surface area contributed by atoms with E-state index in [9.17, 15) is 0 Å². The average molecular weight is 622 g/mol. The van der Waals surface area contributed by atoms with Crippen LogP contribution in [0.25, 0.3) is 77.8 Å². The zero-order chi connectivity index (χ0) is 32.0. The maximum atomic E-state index is 5.95. The fourth-order valence-electron chi connectivity index (χ4n) is 6.28. The van der Waals surface area contributed by atoms with Crippen molar-refractivity contribution in [3.8, 4) is 56.0 Å².